The van der Waals surface area contributed by atoms with Gasteiger partial charge in [0, 0.05) is 24.7 Å². The van der Waals surface area contributed by atoms with Crippen molar-refractivity contribution in [3.63, 3.8) is 0 Å². The topological polar surface area (TPSA) is 43.8 Å². The van der Waals surface area contributed by atoms with Crippen LogP contribution in [0.25, 0.3) is 0 Å². The summed E-state index contributed by atoms with van der Waals surface area (Å²) < 4.78 is 2.00. The van der Waals surface area contributed by atoms with Crippen molar-refractivity contribution in [1.82, 2.24) is 9.78 Å². The Morgan fingerprint density at radius 1 is 1.60 bits per heavy atom. The molecule has 0 amide bonds. The molecule has 0 saturated heterocycles. The SMILES string of the molecule is CC(N)C1c2c(cnn2C)CCC1(C)C. The summed E-state index contributed by atoms with van der Waals surface area (Å²) in [6.07, 6.45) is 4.34. The highest BCUT2D eigenvalue weighted by Crippen LogP contribution is 2.46. The van der Waals surface area contributed by atoms with Crippen molar-refractivity contribution in [2.75, 3.05) is 0 Å². The van der Waals surface area contributed by atoms with Gasteiger partial charge in [0.2, 0.25) is 0 Å². The maximum Gasteiger partial charge on any atom is 0.0524 e. The van der Waals surface area contributed by atoms with E-state index in [0.29, 0.717) is 5.92 Å². The van der Waals surface area contributed by atoms with Crippen molar-refractivity contribution < 1.29 is 0 Å². The van der Waals surface area contributed by atoms with E-state index in [1.807, 2.05) is 17.9 Å². The van der Waals surface area contributed by atoms with Gasteiger partial charge in [-0.3, -0.25) is 4.68 Å². The number of rotatable bonds is 1. The van der Waals surface area contributed by atoms with Crippen molar-refractivity contribution in [2.24, 2.45) is 18.2 Å². The Hall–Kier alpha value is -0.830. The summed E-state index contributed by atoms with van der Waals surface area (Å²) in [6, 6.07) is 0.189. The summed E-state index contributed by atoms with van der Waals surface area (Å²) >= 11 is 0. The first-order chi connectivity index (χ1) is 6.93. The molecular weight excluding hydrogens is 186 g/mol. The number of aryl methyl sites for hydroxylation is 2. The van der Waals surface area contributed by atoms with Gasteiger partial charge in [0.25, 0.3) is 0 Å². The summed E-state index contributed by atoms with van der Waals surface area (Å²) in [7, 11) is 2.02. The molecule has 2 unspecified atom stereocenters. The van der Waals surface area contributed by atoms with Gasteiger partial charge in [-0.05, 0) is 30.7 Å². The van der Waals surface area contributed by atoms with Gasteiger partial charge in [0.15, 0.2) is 0 Å². The Kier molecular flexibility index (Phi) is 2.38. The number of fused-ring (bicyclic) bond motifs is 1. The Labute approximate surface area is 91.7 Å². The lowest BCUT2D eigenvalue weighted by atomic mass is 9.66. The number of nitrogens with zero attached hydrogens (tertiary/aromatic N) is 2. The predicted molar refractivity (Wildman–Crippen MR) is 61.7 cm³/mol. The molecule has 84 valence electrons. The third-order valence-corrected chi connectivity index (χ3v) is 3.77. The van der Waals surface area contributed by atoms with Crippen LogP contribution in [0.15, 0.2) is 6.20 Å². The van der Waals surface area contributed by atoms with Gasteiger partial charge < -0.3 is 5.73 Å². The van der Waals surface area contributed by atoms with E-state index in [0.717, 1.165) is 6.42 Å². The first-order valence-electron chi connectivity index (χ1n) is 5.70. The minimum absolute atomic E-state index is 0.189. The molecule has 3 nitrogen and oxygen atoms in total. The fourth-order valence-electron chi connectivity index (χ4n) is 3.03. The van der Waals surface area contributed by atoms with Crippen LogP contribution in [0, 0.1) is 5.41 Å². The molecule has 0 radical (unpaired) electrons. The molecule has 1 heterocycles. The summed E-state index contributed by atoms with van der Waals surface area (Å²) in [4.78, 5) is 0. The third-order valence-electron chi connectivity index (χ3n) is 3.77. The van der Waals surface area contributed by atoms with Crippen LogP contribution in [0.3, 0.4) is 0 Å². The Balaban J connectivity index is 2.51. The molecule has 0 spiro atoms. The lowest BCUT2D eigenvalue weighted by molar-refractivity contribution is 0.212. The van der Waals surface area contributed by atoms with E-state index in [-0.39, 0.29) is 11.5 Å². The average molecular weight is 207 g/mol. The molecular formula is C12H21N3. The zero-order valence-electron chi connectivity index (χ0n) is 10.1. The quantitative estimate of drug-likeness (QED) is 0.763. The van der Waals surface area contributed by atoms with E-state index in [4.69, 9.17) is 5.73 Å². The monoisotopic (exact) mass is 207 g/mol. The molecule has 2 rings (SSSR count). The van der Waals surface area contributed by atoms with Gasteiger partial charge in [-0.2, -0.15) is 5.10 Å². The third kappa shape index (κ3) is 1.59. The first kappa shape index (κ1) is 10.7. The first-order valence-corrected chi connectivity index (χ1v) is 5.70. The molecule has 1 aromatic heterocycles. The van der Waals surface area contributed by atoms with Crippen molar-refractivity contribution >= 4 is 0 Å². The molecule has 1 aromatic rings. The van der Waals surface area contributed by atoms with E-state index in [2.05, 4.69) is 25.9 Å². The van der Waals surface area contributed by atoms with Crippen LogP contribution < -0.4 is 5.73 Å². The normalized spacial score (nSPS) is 26.1. The van der Waals surface area contributed by atoms with Crippen molar-refractivity contribution in [3.05, 3.63) is 17.5 Å². The van der Waals surface area contributed by atoms with Gasteiger partial charge >= 0.3 is 0 Å². The van der Waals surface area contributed by atoms with Crippen LogP contribution in [0.4, 0.5) is 0 Å². The number of nitrogens with two attached hydrogens (primary N) is 1. The van der Waals surface area contributed by atoms with Gasteiger partial charge in [0.05, 0.1) is 6.20 Å². The molecule has 0 aliphatic heterocycles. The number of hydrogen-bond acceptors (Lipinski definition) is 2. The van der Waals surface area contributed by atoms with Gasteiger partial charge in [-0.25, -0.2) is 0 Å². The zero-order valence-corrected chi connectivity index (χ0v) is 10.1. The standard InChI is InChI=1S/C12H21N3/c1-8(13)10-11-9(7-14-15(11)4)5-6-12(10,2)3/h7-8,10H,5-6,13H2,1-4H3. The van der Waals surface area contributed by atoms with Gasteiger partial charge in [-0.1, -0.05) is 13.8 Å². The van der Waals surface area contributed by atoms with Crippen LogP contribution in [0.5, 0.6) is 0 Å². The fourth-order valence-corrected chi connectivity index (χ4v) is 3.03. The Morgan fingerprint density at radius 2 is 2.27 bits per heavy atom. The van der Waals surface area contributed by atoms with Crippen molar-refractivity contribution in [3.8, 4) is 0 Å². The number of hydrogen-bond donors (Lipinski definition) is 1. The minimum atomic E-state index is 0.189. The molecule has 1 aliphatic carbocycles. The van der Waals surface area contributed by atoms with E-state index in [9.17, 15) is 0 Å². The average Bonchev–Trinajstić information content (AvgIpc) is 2.46. The smallest absolute Gasteiger partial charge is 0.0524 e. The summed E-state index contributed by atoms with van der Waals surface area (Å²) in [6.45, 7) is 6.74. The summed E-state index contributed by atoms with van der Waals surface area (Å²) in [5.41, 5.74) is 9.17. The lowest BCUT2D eigenvalue weighted by Gasteiger charge is -2.41. The van der Waals surface area contributed by atoms with Crippen LogP contribution in [-0.4, -0.2) is 15.8 Å². The van der Waals surface area contributed by atoms with E-state index < -0.39 is 0 Å². The highest BCUT2D eigenvalue weighted by Gasteiger charge is 2.40. The summed E-state index contributed by atoms with van der Waals surface area (Å²) in [5, 5.41) is 4.36. The van der Waals surface area contributed by atoms with Gasteiger partial charge in [0.1, 0.15) is 0 Å². The Bertz CT molecular complexity index is 363. The maximum atomic E-state index is 6.14. The van der Waals surface area contributed by atoms with Crippen molar-refractivity contribution in [1.29, 1.82) is 0 Å². The van der Waals surface area contributed by atoms with E-state index >= 15 is 0 Å². The molecule has 1 aliphatic rings. The Morgan fingerprint density at radius 3 is 2.87 bits per heavy atom. The van der Waals surface area contributed by atoms with Crippen LogP contribution in [0.2, 0.25) is 0 Å². The van der Waals surface area contributed by atoms with Crippen LogP contribution in [0.1, 0.15) is 44.4 Å². The highest BCUT2D eigenvalue weighted by atomic mass is 15.3. The maximum absolute atomic E-state index is 6.14. The molecule has 2 N–H and O–H groups in total. The number of aromatic nitrogens is 2. The lowest BCUT2D eigenvalue weighted by Crippen LogP contribution is -2.40. The molecule has 0 fully saturated rings. The minimum Gasteiger partial charge on any atom is -0.327 e. The summed E-state index contributed by atoms with van der Waals surface area (Å²) in [5.74, 6) is 0.425. The van der Waals surface area contributed by atoms with Crippen LogP contribution >= 0.6 is 0 Å². The highest BCUT2D eigenvalue weighted by molar-refractivity contribution is 5.29. The second-order valence-electron chi connectivity index (χ2n) is 5.50. The van der Waals surface area contributed by atoms with E-state index in [1.165, 1.54) is 17.7 Å². The second-order valence-corrected chi connectivity index (χ2v) is 5.50. The zero-order chi connectivity index (χ0) is 11.2. The largest absolute Gasteiger partial charge is 0.327 e. The molecule has 0 bridgehead atoms. The molecule has 0 aromatic carbocycles. The van der Waals surface area contributed by atoms with Gasteiger partial charge in [-0.15, -0.1) is 0 Å². The van der Waals surface area contributed by atoms with Crippen molar-refractivity contribution in [2.45, 2.75) is 45.6 Å². The van der Waals surface area contributed by atoms with Crippen LogP contribution in [-0.2, 0) is 13.5 Å². The molecule has 15 heavy (non-hydrogen) atoms. The molecule has 2 atom stereocenters. The predicted octanol–water partition coefficient (Wildman–Crippen LogP) is 1.82. The molecule has 0 saturated carbocycles. The second kappa shape index (κ2) is 3.34. The molecule has 3 heteroatoms. The van der Waals surface area contributed by atoms with E-state index in [1.54, 1.807) is 0 Å². The fraction of sp³-hybridized carbons (Fsp3) is 0.750.